The number of carboxylic acid groups (broad SMARTS) is 1. The first-order valence-corrected chi connectivity index (χ1v) is 9.29. The van der Waals surface area contributed by atoms with Crippen molar-refractivity contribution in [2.75, 3.05) is 0 Å². The average Bonchev–Trinajstić information content (AvgIpc) is 2.43. The van der Waals surface area contributed by atoms with E-state index in [0.717, 1.165) is 12.8 Å². The SMILES string of the molecule is CCCCCCCCCCCCCC(=O)C[C@H](C)CC(=O)O. The van der Waals surface area contributed by atoms with E-state index in [-0.39, 0.29) is 18.1 Å². The van der Waals surface area contributed by atoms with E-state index >= 15 is 0 Å². The third-order valence-electron chi connectivity index (χ3n) is 4.16. The Kier molecular flexibility index (Phi) is 14.5. The van der Waals surface area contributed by atoms with Crippen LogP contribution in [0.5, 0.6) is 0 Å². The fourth-order valence-corrected chi connectivity index (χ4v) is 2.85. The fourth-order valence-electron chi connectivity index (χ4n) is 2.85. The van der Waals surface area contributed by atoms with Crippen LogP contribution in [0, 0.1) is 5.92 Å². The van der Waals surface area contributed by atoms with Crippen LogP contribution in [0.1, 0.15) is 104 Å². The van der Waals surface area contributed by atoms with Crippen molar-refractivity contribution in [2.45, 2.75) is 104 Å². The normalized spacial score (nSPS) is 12.3. The van der Waals surface area contributed by atoms with Crippen LogP contribution in [0.4, 0.5) is 0 Å². The van der Waals surface area contributed by atoms with Crippen molar-refractivity contribution in [1.29, 1.82) is 0 Å². The summed E-state index contributed by atoms with van der Waals surface area (Å²) >= 11 is 0. The lowest BCUT2D eigenvalue weighted by atomic mass is 9.98. The zero-order valence-corrected chi connectivity index (χ0v) is 14.7. The van der Waals surface area contributed by atoms with E-state index in [4.69, 9.17) is 5.11 Å². The van der Waals surface area contributed by atoms with E-state index in [2.05, 4.69) is 6.92 Å². The van der Waals surface area contributed by atoms with E-state index in [0.29, 0.717) is 12.8 Å². The molecule has 0 fully saturated rings. The molecule has 0 aromatic rings. The average molecular weight is 312 g/mol. The Morgan fingerprint density at radius 2 is 1.23 bits per heavy atom. The van der Waals surface area contributed by atoms with E-state index in [1.54, 1.807) is 0 Å². The zero-order valence-electron chi connectivity index (χ0n) is 14.7. The Morgan fingerprint density at radius 1 is 0.773 bits per heavy atom. The largest absolute Gasteiger partial charge is 0.481 e. The van der Waals surface area contributed by atoms with Crippen molar-refractivity contribution in [3.63, 3.8) is 0 Å². The molecule has 0 unspecified atom stereocenters. The van der Waals surface area contributed by atoms with Gasteiger partial charge in [0.2, 0.25) is 0 Å². The second-order valence-electron chi connectivity index (χ2n) is 6.73. The number of aliphatic carboxylic acids is 1. The molecule has 3 nitrogen and oxygen atoms in total. The number of carboxylic acids is 1. The highest BCUT2D eigenvalue weighted by Gasteiger charge is 2.12. The minimum absolute atomic E-state index is 0.0299. The minimum Gasteiger partial charge on any atom is -0.481 e. The van der Waals surface area contributed by atoms with Gasteiger partial charge in [0.15, 0.2) is 0 Å². The van der Waals surface area contributed by atoms with Crippen LogP contribution in [0.3, 0.4) is 0 Å². The molecule has 0 saturated carbocycles. The zero-order chi connectivity index (χ0) is 16.6. The molecule has 22 heavy (non-hydrogen) atoms. The maximum absolute atomic E-state index is 11.7. The Morgan fingerprint density at radius 3 is 1.68 bits per heavy atom. The molecule has 0 aliphatic heterocycles. The molecule has 0 amide bonds. The third-order valence-corrected chi connectivity index (χ3v) is 4.16. The van der Waals surface area contributed by atoms with Gasteiger partial charge in [0.05, 0.1) is 0 Å². The Hall–Kier alpha value is -0.860. The van der Waals surface area contributed by atoms with Gasteiger partial charge < -0.3 is 5.11 Å². The van der Waals surface area contributed by atoms with E-state index < -0.39 is 5.97 Å². The van der Waals surface area contributed by atoms with Crippen molar-refractivity contribution in [2.24, 2.45) is 5.92 Å². The summed E-state index contributed by atoms with van der Waals surface area (Å²) in [6, 6.07) is 0. The number of carbonyl (C=O) groups is 2. The minimum atomic E-state index is -0.810. The molecule has 0 aromatic heterocycles. The Bertz CT molecular complexity index is 286. The number of rotatable bonds is 16. The number of ketones is 1. The van der Waals surface area contributed by atoms with Gasteiger partial charge in [-0.05, 0) is 12.3 Å². The summed E-state index contributed by atoms with van der Waals surface area (Å²) in [5.41, 5.74) is 0. The van der Waals surface area contributed by atoms with E-state index in [1.165, 1.54) is 57.8 Å². The summed E-state index contributed by atoms with van der Waals surface area (Å²) in [5.74, 6) is -0.614. The first kappa shape index (κ1) is 21.1. The van der Waals surface area contributed by atoms with Gasteiger partial charge in [0, 0.05) is 19.3 Å². The third kappa shape index (κ3) is 15.5. The summed E-state index contributed by atoms with van der Waals surface area (Å²) < 4.78 is 0. The lowest BCUT2D eigenvalue weighted by Crippen LogP contribution is -2.09. The van der Waals surface area contributed by atoms with Gasteiger partial charge in [0.25, 0.3) is 0 Å². The first-order valence-electron chi connectivity index (χ1n) is 9.29. The van der Waals surface area contributed by atoms with Crippen LogP contribution >= 0.6 is 0 Å². The molecule has 0 rings (SSSR count). The van der Waals surface area contributed by atoms with Crippen LogP contribution in [-0.4, -0.2) is 16.9 Å². The monoisotopic (exact) mass is 312 g/mol. The standard InChI is InChI=1S/C19H36O3/c1-3-4-5-6-7-8-9-10-11-12-13-14-18(20)15-17(2)16-19(21)22/h17H,3-16H2,1-2H3,(H,21,22)/t17-/m0/s1. The molecule has 1 N–H and O–H groups in total. The molecule has 0 bridgehead atoms. The number of hydrogen-bond acceptors (Lipinski definition) is 2. The highest BCUT2D eigenvalue weighted by Crippen LogP contribution is 2.14. The molecular weight excluding hydrogens is 276 g/mol. The van der Waals surface area contributed by atoms with Crippen LogP contribution < -0.4 is 0 Å². The molecule has 130 valence electrons. The smallest absolute Gasteiger partial charge is 0.303 e. The number of hydrogen-bond donors (Lipinski definition) is 1. The van der Waals surface area contributed by atoms with Gasteiger partial charge in [-0.1, -0.05) is 78.1 Å². The lowest BCUT2D eigenvalue weighted by molar-refractivity contribution is -0.138. The van der Waals surface area contributed by atoms with Crippen LogP contribution in [0.15, 0.2) is 0 Å². The first-order chi connectivity index (χ1) is 10.6. The summed E-state index contributed by atoms with van der Waals surface area (Å²) in [4.78, 5) is 22.2. The number of carbonyl (C=O) groups excluding carboxylic acids is 1. The molecule has 0 aliphatic carbocycles. The maximum atomic E-state index is 11.7. The van der Waals surface area contributed by atoms with Crippen LogP contribution in [0.2, 0.25) is 0 Å². The van der Waals surface area contributed by atoms with Gasteiger partial charge in [0.1, 0.15) is 5.78 Å². The Balaban J connectivity index is 3.28. The highest BCUT2D eigenvalue weighted by atomic mass is 16.4. The van der Waals surface area contributed by atoms with Gasteiger partial charge in [-0.15, -0.1) is 0 Å². The second kappa shape index (κ2) is 15.1. The summed E-state index contributed by atoms with van der Waals surface area (Å²) in [6.07, 6.45) is 15.3. The predicted molar refractivity (Wildman–Crippen MR) is 92.1 cm³/mol. The molecule has 0 aromatic carbocycles. The summed E-state index contributed by atoms with van der Waals surface area (Å²) in [6.45, 7) is 4.09. The van der Waals surface area contributed by atoms with Crippen molar-refractivity contribution in [1.82, 2.24) is 0 Å². The Labute approximate surface area is 136 Å². The number of Topliss-reactive ketones (excluding diaryl/α,β-unsaturated/α-hetero) is 1. The molecule has 0 spiro atoms. The molecule has 1 atom stereocenters. The van der Waals surface area contributed by atoms with Gasteiger partial charge in [-0.2, -0.15) is 0 Å². The van der Waals surface area contributed by atoms with Crippen LogP contribution in [-0.2, 0) is 9.59 Å². The van der Waals surface area contributed by atoms with Crippen molar-refractivity contribution in [3.8, 4) is 0 Å². The van der Waals surface area contributed by atoms with E-state index in [1.807, 2.05) is 6.92 Å². The molecule has 0 radical (unpaired) electrons. The predicted octanol–water partition coefficient (Wildman–Crippen LogP) is 5.76. The van der Waals surface area contributed by atoms with Crippen molar-refractivity contribution in [3.05, 3.63) is 0 Å². The quantitative estimate of drug-likeness (QED) is 0.369. The van der Waals surface area contributed by atoms with Crippen molar-refractivity contribution < 1.29 is 14.7 Å². The fraction of sp³-hybridized carbons (Fsp3) is 0.895. The lowest BCUT2D eigenvalue weighted by Gasteiger charge is -2.07. The highest BCUT2D eigenvalue weighted by molar-refractivity contribution is 5.79. The molecule has 0 saturated heterocycles. The summed E-state index contributed by atoms with van der Waals surface area (Å²) in [7, 11) is 0. The second-order valence-corrected chi connectivity index (χ2v) is 6.73. The van der Waals surface area contributed by atoms with Crippen LogP contribution in [0.25, 0.3) is 0 Å². The van der Waals surface area contributed by atoms with Gasteiger partial charge in [-0.25, -0.2) is 0 Å². The molecular formula is C19H36O3. The molecule has 0 aliphatic rings. The maximum Gasteiger partial charge on any atom is 0.303 e. The topological polar surface area (TPSA) is 54.4 Å². The molecule has 3 heteroatoms. The van der Waals surface area contributed by atoms with Gasteiger partial charge in [-0.3, -0.25) is 9.59 Å². The number of unbranched alkanes of at least 4 members (excludes halogenated alkanes) is 10. The van der Waals surface area contributed by atoms with Crippen molar-refractivity contribution >= 4 is 11.8 Å². The molecule has 0 heterocycles. The summed E-state index contributed by atoms with van der Waals surface area (Å²) in [5, 5.41) is 8.66. The van der Waals surface area contributed by atoms with E-state index in [9.17, 15) is 9.59 Å². The van der Waals surface area contributed by atoms with Gasteiger partial charge >= 0.3 is 5.97 Å².